The summed E-state index contributed by atoms with van der Waals surface area (Å²) in [6.07, 6.45) is -0.160. The molecular formula is C15H29N7O2. The highest BCUT2D eigenvalue weighted by atomic mass is 16.2. The zero-order valence-electron chi connectivity index (χ0n) is 15.2. The first-order chi connectivity index (χ1) is 11.4. The summed E-state index contributed by atoms with van der Waals surface area (Å²) in [5, 5.41) is 6.19. The van der Waals surface area contributed by atoms with E-state index in [0.29, 0.717) is 26.7 Å². The van der Waals surface area contributed by atoms with Gasteiger partial charge in [-0.05, 0) is 35.0 Å². The van der Waals surface area contributed by atoms with Gasteiger partial charge in [0.2, 0.25) is 0 Å². The zero-order chi connectivity index (χ0) is 17.6. The second-order valence-electron chi connectivity index (χ2n) is 7.08. The Morgan fingerprint density at radius 3 is 1.71 bits per heavy atom. The highest BCUT2D eigenvalue weighted by Gasteiger charge is 2.57. The molecule has 3 saturated heterocycles. The first-order valence-corrected chi connectivity index (χ1v) is 8.54. The van der Waals surface area contributed by atoms with E-state index < -0.39 is 0 Å². The van der Waals surface area contributed by atoms with Crippen molar-refractivity contribution in [1.82, 2.24) is 35.1 Å². The summed E-state index contributed by atoms with van der Waals surface area (Å²) < 4.78 is 0. The van der Waals surface area contributed by atoms with Gasteiger partial charge in [0.1, 0.15) is 6.17 Å². The predicted molar refractivity (Wildman–Crippen MR) is 89.7 cm³/mol. The molecule has 9 heteroatoms. The van der Waals surface area contributed by atoms with E-state index in [1.807, 2.05) is 45.6 Å². The van der Waals surface area contributed by atoms with Gasteiger partial charge in [0.05, 0.1) is 26.7 Å². The van der Waals surface area contributed by atoms with E-state index >= 15 is 0 Å². The minimum Gasteiger partial charge on any atom is -0.309 e. The van der Waals surface area contributed by atoms with Crippen molar-refractivity contribution in [3.8, 4) is 0 Å². The SMILES string of the molecule is CNCN1C(=O)N2CN(C)CN3C(=O)N(CNC)C(C)C(C1C)C23. The summed E-state index contributed by atoms with van der Waals surface area (Å²) in [6.45, 7) is 6.31. The quantitative estimate of drug-likeness (QED) is 0.715. The number of amides is 4. The lowest BCUT2D eigenvalue weighted by Crippen LogP contribution is -2.80. The van der Waals surface area contributed by atoms with Crippen LogP contribution in [0.5, 0.6) is 0 Å². The molecule has 3 aliphatic rings. The lowest BCUT2D eigenvalue weighted by Gasteiger charge is -2.62. The minimum atomic E-state index is -0.160. The summed E-state index contributed by atoms with van der Waals surface area (Å²) in [5.74, 6) is 0.177. The molecule has 2 atom stereocenters. The highest BCUT2D eigenvalue weighted by molar-refractivity contribution is 5.81. The van der Waals surface area contributed by atoms with Crippen LogP contribution in [0.3, 0.4) is 0 Å². The molecular weight excluding hydrogens is 310 g/mol. The van der Waals surface area contributed by atoms with Gasteiger partial charge < -0.3 is 20.4 Å². The van der Waals surface area contributed by atoms with Gasteiger partial charge in [-0.15, -0.1) is 0 Å². The van der Waals surface area contributed by atoms with Gasteiger partial charge in [-0.1, -0.05) is 0 Å². The molecule has 0 aliphatic carbocycles. The average Bonchev–Trinajstić information content (AvgIpc) is 2.55. The molecule has 0 aromatic heterocycles. The van der Waals surface area contributed by atoms with Crippen LogP contribution >= 0.6 is 0 Å². The van der Waals surface area contributed by atoms with Gasteiger partial charge in [-0.2, -0.15) is 0 Å². The molecule has 2 N–H and O–H groups in total. The molecule has 3 rings (SSSR count). The molecule has 0 spiro atoms. The van der Waals surface area contributed by atoms with Crippen molar-refractivity contribution in [3.63, 3.8) is 0 Å². The largest absolute Gasteiger partial charge is 0.324 e. The van der Waals surface area contributed by atoms with Crippen LogP contribution in [-0.4, -0.2) is 103 Å². The minimum absolute atomic E-state index is 0.00304. The van der Waals surface area contributed by atoms with Crippen LogP contribution in [0.25, 0.3) is 0 Å². The molecule has 0 aromatic carbocycles. The fourth-order valence-corrected chi connectivity index (χ4v) is 4.42. The Bertz CT molecular complexity index is 474. The molecule has 3 aliphatic heterocycles. The van der Waals surface area contributed by atoms with E-state index in [1.165, 1.54) is 0 Å². The third-order valence-electron chi connectivity index (χ3n) is 5.51. The summed E-state index contributed by atoms with van der Waals surface area (Å²) in [4.78, 5) is 35.4. The summed E-state index contributed by atoms with van der Waals surface area (Å²) in [6, 6.07) is 0.104. The zero-order valence-corrected chi connectivity index (χ0v) is 15.2. The Hall–Kier alpha value is -1.58. The average molecular weight is 339 g/mol. The molecule has 0 bridgehead atoms. The van der Waals surface area contributed by atoms with Crippen LogP contribution in [-0.2, 0) is 0 Å². The number of hydrogen-bond donors (Lipinski definition) is 2. The molecule has 9 nitrogen and oxygen atoms in total. The van der Waals surface area contributed by atoms with E-state index in [1.54, 1.807) is 0 Å². The number of carbonyl (C=O) groups is 2. The van der Waals surface area contributed by atoms with Crippen molar-refractivity contribution < 1.29 is 9.59 Å². The van der Waals surface area contributed by atoms with Crippen LogP contribution in [0, 0.1) is 5.92 Å². The van der Waals surface area contributed by atoms with Gasteiger partial charge in [-0.3, -0.25) is 14.7 Å². The molecule has 2 unspecified atom stereocenters. The first-order valence-electron chi connectivity index (χ1n) is 8.54. The van der Waals surface area contributed by atoms with Crippen molar-refractivity contribution in [1.29, 1.82) is 0 Å². The van der Waals surface area contributed by atoms with Crippen LogP contribution in [0.2, 0.25) is 0 Å². The monoisotopic (exact) mass is 339 g/mol. The van der Waals surface area contributed by atoms with Crippen molar-refractivity contribution in [2.24, 2.45) is 5.92 Å². The molecule has 0 saturated carbocycles. The Balaban J connectivity index is 2.01. The van der Waals surface area contributed by atoms with Crippen molar-refractivity contribution in [2.75, 3.05) is 47.8 Å². The number of rotatable bonds is 4. The van der Waals surface area contributed by atoms with E-state index in [-0.39, 0.29) is 36.2 Å². The fraction of sp³-hybridized carbons (Fsp3) is 0.867. The van der Waals surface area contributed by atoms with Crippen molar-refractivity contribution in [2.45, 2.75) is 32.1 Å². The van der Waals surface area contributed by atoms with Crippen LogP contribution < -0.4 is 10.6 Å². The summed E-state index contributed by atoms with van der Waals surface area (Å²) >= 11 is 0. The molecule has 0 aromatic rings. The first kappa shape index (κ1) is 17.2. The van der Waals surface area contributed by atoms with E-state index in [4.69, 9.17) is 0 Å². The Morgan fingerprint density at radius 1 is 0.917 bits per heavy atom. The number of nitrogens with one attached hydrogen (secondary N) is 2. The molecule has 0 radical (unpaired) electrons. The van der Waals surface area contributed by atoms with Gasteiger partial charge in [0.15, 0.2) is 0 Å². The van der Waals surface area contributed by atoms with E-state index in [2.05, 4.69) is 24.5 Å². The predicted octanol–water partition coefficient (Wildman–Crippen LogP) is -0.605. The standard InChI is InChI=1S/C15H29N7O2/c1-10-12-11(2)20(7-17-4)15(24)22-9-18(5)8-21(13(12)22)14(23)19(10)6-16-3/h10-13,16-17H,6-9H2,1-5H3. The van der Waals surface area contributed by atoms with Crippen LogP contribution in [0.15, 0.2) is 0 Å². The third-order valence-corrected chi connectivity index (χ3v) is 5.51. The second-order valence-corrected chi connectivity index (χ2v) is 7.08. The Kier molecular flexibility index (Phi) is 4.58. The second kappa shape index (κ2) is 6.38. The number of carbonyl (C=O) groups excluding carboxylic acids is 2. The highest BCUT2D eigenvalue weighted by Crippen LogP contribution is 2.39. The van der Waals surface area contributed by atoms with Crippen molar-refractivity contribution in [3.05, 3.63) is 0 Å². The number of urea groups is 2. The molecule has 3 fully saturated rings. The molecule has 136 valence electrons. The fourth-order valence-electron chi connectivity index (χ4n) is 4.42. The lowest BCUT2D eigenvalue weighted by molar-refractivity contribution is -0.138. The number of hydrogen-bond acceptors (Lipinski definition) is 5. The topological polar surface area (TPSA) is 74.4 Å². The Labute approximate surface area is 143 Å². The van der Waals surface area contributed by atoms with Crippen molar-refractivity contribution >= 4 is 12.1 Å². The van der Waals surface area contributed by atoms with Gasteiger partial charge in [-0.25, -0.2) is 9.59 Å². The van der Waals surface area contributed by atoms with E-state index in [9.17, 15) is 9.59 Å². The Morgan fingerprint density at radius 2 is 1.33 bits per heavy atom. The summed E-state index contributed by atoms with van der Waals surface area (Å²) in [7, 11) is 5.64. The van der Waals surface area contributed by atoms with Gasteiger partial charge in [0.25, 0.3) is 0 Å². The maximum atomic E-state index is 13.0. The normalized spacial score (nSPS) is 34.0. The van der Waals surface area contributed by atoms with Gasteiger partial charge >= 0.3 is 12.1 Å². The molecule has 24 heavy (non-hydrogen) atoms. The number of nitrogens with zero attached hydrogens (tertiary/aromatic N) is 5. The smallest absolute Gasteiger partial charge is 0.309 e. The lowest BCUT2D eigenvalue weighted by atomic mass is 9.83. The van der Waals surface area contributed by atoms with Crippen LogP contribution in [0.1, 0.15) is 13.8 Å². The third kappa shape index (κ3) is 2.42. The van der Waals surface area contributed by atoms with Crippen LogP contribution in [0.4, 0.5) is 9.59 Å². The maximum absolute atomic E-state index is 13.0. The van der Waals surface area contributed by atoms with E-state index in [0.717, 1.165) is 0 Å². The maximum Gasteiger partial charge on any atom is 0.324 e. The molecule has 4 amide bonds. The summed E-state index contributed by atoms with van der Waals surface area (Å²) in [5.41, 5.74) is 0. The van der Waals surface area contributed by atoms with Gasteiger partial charge in [0, 0.05) is 18.0 Å². The molecule has 3 heterocycles.